The van der Waals surface area contributed by atoms with Gasteiger partial charge in [0.2, 0.25) is 5.91 Å². The summed E-state index contributed by atoms with van der Waals surface area (Å²) in [6.45, 7) is 4.49. The first-order valence-electron chi connectivity index (χ1n) is 10.2. The van der Waals surface area contributed by atoms with Gasteiger partial charge in [-0.05, 0) is 36.8 Å². The molecular weight excluding hydrogens is 400 g/mol. The standard InChI is InChI=1S/C21H28N6O2S/c1-14-23-20(22)19-21(24-14)26(9-8-18(28)25-19)11-16-4-3-5-17(10-16)13-27(30(2)29)12-15-6-7-15/h3-5,10,15H,6-9,11-13H2,1-2H3,(H,25,28)(H2,22,23,24). The smallest absolute Gasteiger partial charge is 0.226 e. The number of nitrogens with zero attached hydrogens (tertiary/aromatic N) is 4. The van der Waals surface area contributed by atoms with Gasteiger partial charge >= 0.3 is 0 Å². The molecular formula is C21H28N6O2S. The monoisotopic (exact) mass is 428 g/mol. The van der Waals surface area contributed by atoms with E-state index in [4.69, 9.17) is 5.73 Å². The molecule has 1 unspecified atom stereocenters. The molecule has 1 aromatic carbocycles. The number of aromatic nitrogens is 2. The van der Waals surface area contributed by atoms with Gasteiger partial charge in [-0.15, -0.1) is 0 Å². The third kappa shape index (κ3) is 4.96. The van der Waals surface area contributed by atoms with Crippen LogP contribution in [0, 0.1) is 12.8 Å². The van der Waals surface area contributed by atoms with Crippen molar-refractivity contribution in [3.8, 4) is 0 Å². The van der Waals surface area contributed by atoms with Gasteiger partial charge in [-0.25, -0.2) is 18.5 Å². The SMILES string of the molecule is Cc1nc(N)c2c(n1)N(Cc1cccc(CN(CC3CC3)S(C)=O)c1)CCC(=O)N2. The molecule has 160 valence electrons. The van der Waals surface area contributed by atoms with Crippen molar-refractivity contribution in [2.24, 2.45) is 5.92 Å². The van der Waals surface area contributed by atoms with Crippen LogP contribution in [0.1, 0.15) is 36.2 Å². The Labute approximate surface area is 179 Å². The van der Waals surface area contributed by atoms with Gasteiger partial charge in [0.25, 0.3) is 0 Å². The molecule has 0 radical (unpaired) electrons. The fourth-order valence-corrected chi connectivity index (χ4v) is 4.48. The summed E-state index contributed by atoms with van der Waals surface area (Å²) in [4.78, 5) is 22.9. The van der Waals surface area contributed by atoms with Gasteiger partial charge < -0.3 is 16.0 Å². The zero-order valence-electron chi connectivity index (χ0n) is 17.4. The third-order valence-corrected chi connectivity index (χ3v) is 6.45. The summed E-state index contributed by atoms with van der Waals surface area (Å²) < 4.78 is 14.2. The van der Waals surface area contributed by atoms with Crippen LogP contribution in [-0.4, -0.2) is 43.7 Å². The van der Waals surface area contributed by atoms with E-state index in [-0.39, 0.29) is 11.7 Å². The highest BCUT2D eigenvalue weighted by atomic mass is 32.2. The molecule has 4 rings (SSSR count). The first kappa shape index (κ1) is 20.7. The minimum atomic E-state index is -0.992. The van der Waals surface area contributed by atoms with Gasteiger partial charge in [0.1, 0.15) is 11.5 Å². The molecule has 1 atom stereocenters. The number of hydrogen-bond donors (Lipinski definition) is 2. The van der Waals surface area contributed by atoms with E-state index in [1.807, 2.05) is 10.4 Å². The highest BCUT2D eigenvalue weighted by Crippen LogP contribution is 2.32. The number of nitrogens with one attached hydrogen (secondary N) is 1. The maximum atomic E-state index is 12.1. The Morgan fingerprint density at radius 1 is 1.30 bits per heavy atom. The summed E-state index contributed by atoms with van der Waals surface area (Å²) in [5, 5.41) is 2.84. The largest absolute Gasteiger partial charge is 0.382 e. The molecule has 8 nitrogen and oxygen atoms in total. The predicted molar refractivity (Wildman–Crippen MR) is 119 cm³/mol. The molecule has 2 aliphatic rings. The maximum Gasteiger partial charge on any atom is 0.226 e. The summed E-state index contributed by atoms with van der Waals surface area (Å²) in [6.07, 6.45) is 4.58. The Hall–Kier alpha value is -2.52. The first-order valence-corrected chi connectivity index (χ1v) is 11.8. The van der Waals surface area contributed by atoms with Crippen molar-refractivity contribution in [2.45, 2.75) is 39.3 Å². The average molecular weight is 429 g/mol. The van der Waals surface area contributed by atoms with Gasteiger partial charge in [0.05, 0.1) is 11.0 Å². The third-order valence-electron chi connectivity index (χ3n) is 5.45. The van der Waals surface area contributed by atoms with Crippen LogP contribution in [0.15, 0.2) is 24.3 Å². The van der Waals surface area contributed by atoms with E-state index in [0.29, 0.717) is 49.3 Å². The Balaban J connectivity index is 1.55. The number of nitrogen functional groups attached to an aromatic ring is 1. The minimum absolute atomic E-state index is 0.0900. The number of benzene rings is 1. The average Bonchev–Trinajstić information content (AvgIpc) is 3.51. The number of carbonyl (C=O) groups is 1. The summed E-state index contributed by atoms with van der Waals surface area (Å²) in [5.41, 5.74) is 8.78. The highest BCUT2D eigenvalue weighted by Gasteiger charge is 2.26. The molecule has 2 aromatic rings. The molecule has 1 aliphatic heterocycles. The van der Waals surface area contributed by atoms with E-state index in [0.717, 1.165) is 17.7 Å². The number of fused-ring (bicyclic) bond motifs is 1. The Morgan fingerprint density at radius 3 is 2.80 bits per heavy atom. The van der Waals surface area contributed by atoms with Crippen LogP contribution in [0.25, 0.3) is 0 Å². The lowest BCUT2D eigenvalue weighted by atomic mass is 10.1. The lowest BCUT2D eigenvalue weighted by Gasteiger charge is -2.24. The van der Waals surface area contributed by atoms with Gasteiger partial charge in [-0.2, -0.15) is 0 Å². The van der Waals surface area contributed by atoms with E-state index in [2.05, 4.69) is 38.4 Å². The molecule has 0 saturated heterocycles. The molecule has 0 spiro atoms. The topological polar surface area (TPSA) is 104 Å². The summed E-state index contributed by atoms with van der Waals surface area (Å²) >= 11 is 0. The Kier molecular flexibility index (Phi) is 6.01. The molecule has 9 heteroatoms. The van der Waals surface area contributed by atoms with Crippen molar-refractivity contribution < 1.29 is 9.00 Å². The molecule has 1 aromatic heterocycles. The molecule has 2 heterocycles. The number of rotatable bonds is 7. The van der Waals surface area contributed by atoms with E-state index in [1.54, 1.807) is 13.2 Å². The molecule has 1 amide bonds. The van der Waals surface area contributed by atoms with Gasteiger partial charge in [-0.1, -0.05) is 24.3 Å². The van der Waals surface area contributed by atoms with Crippen molar-refractivity contribution in [3.63, 3.8) is 0 Å². The van der Waals surface area contributed by atoms with Gasteiger partial charge in [0, 0.05) is 38.9 Å². The second-order valence-corrected chi connectivity index (χ2v) is 9.45. The van der Waals surface area contributed by atoms with E-state index in [1.165, 1.54) is 12.8 Å². The van der Waals surface area contributed by atoms with Crippen LogP contribution < -0.4 is 16.0 Å². The number of amides is 1. The second-order valence-electron chi connectivity index (χ2n) is 8.08. The van der Waals surface area contributed by atoms with E-state index in [9.17, 15) is 9.00 Å². The van der Waals surface area contributed by atoms with E-state index >= 15 is 0 Å². The molecule has 1 aliphatic carbocycles. The van der Waals surface area contributed by atoms with Crippen LogP contribution in [0.4, 0.5) is 17.3 Å². The predicted octanol–water partition coefficient (Wildman–Crippen LogP) is 2.22. The second kappa shape index (κ2) is 8.69. The van der Waals surface area contributed by atoms with Crippen LogP contribution in [-0.2, 0) is 28.9 Å². The maximum absolute atomic E-state index is 12.1. The fraction of sp³-hybridized carbons (Fsp3) is 0.476. The molecule has 1 saturated carbocycles. The molecule has 0 bridgehead atoms. The van der Waals surface area contributed by atoms with Crippen LogP contribution >= 0.6 is 0 Å². The Bertz CT molecular complexity index is 978. The van der Waals surface area contributed by atoms with E-state index < -0.39 is 11.0 Å². The van der Waals surface area contributed by atoms with Crippen LogP contribution in [0.5, 0.6) is 0 Å². The quantitative estimate of drug-likeness (QED) is 0.701. The minimum Gasteiger partial charge on any atom is -0.382 e. The molecule has 30 heavy (non-hydrogen) atoms. The number of nitrogens with two attached hydrogens (primary N) is 1. The summed E-state index contributed by atoms with van der Waals surface area (Å²) in [5.74, 6) is 2.10. The highest BCUT2D eigenvalue weighted by molar-refractivity contribution is 7.81. The van der Waals surface area contributed by atoms with Crippen molar-refractivity contribution in [3.05, 3.63) is 41.2 Å². The van der Waals surface area contributed by atoms with Gasteiger partial charge in [0.15, 0.2) is 11.6 Å². The lowest BCUT2D eigenvalue weighted by molar-refractivity contribution is -0.115. The zero-order chi connectivity index (χ0) is 21.3. The van der Waals surface area contributed by atoms with Crippen LogP contribution in [0.3, 0.4) is 0 Å². The Morgan fingerprint density at radius 2 is 2.07 bits per heavy atom. The summed E-state index contributed by atoms with van der Waals surface area (Å²) in [6, 6.07) is 8.31. The lowest BCUT2D eigenvalue weighted by Crippen LogP contribution is -2.27. The van der Waals surface area contributed by atoms with Crippen molar-refractivity contribution in [1.29, 1.82) is 0 Å². The number of hydrogen-bond acceptors (Lipinski definition) is 6. The van der Waals surface area contributed by atoms with Gasteiger partial charge in [-0.3, -0.25) is 4.79 Å². The van der Waals surface area contributed by atoms with Crippen molar-refractivity contribution in [2.75, 3.05) is 35.3 Å². The zero-order valence-corrected chi connectivity index (χ0v) is 18.2. The first-order chi connectivity index (χ1) is 14.4. The fourth-order valence-electron chi connectivity index (χ4n) is 3.73. The number of anilines is 3. The van der Waals surface area contributed by atoms with Crippen molar-refractivity contribution in [1.82, 2.24) is 14.3 Å². The van der Waals surface area contributed by atoms with Crippen molar-refractivity contribution >= 4 is 34.2 Å². The molecule has 1 fully saturated rings. The number of aryl methyl sites for hydroxylation is 1. The number of carbonyl (C=O) groups excluding carboxylic acids is 1. The molecule has 3 N–H and O–H groups in total. The normalized spacial score (nSPS) is 17.4. The van der Waals surface area contributed by atoms with Crippen LogP contribution in [0.2, 0.25) is 0 Å². The summed E-state index contributed by atoms with van der Waals surface area (Å²) in [7, 11) is -0.992.